The van der Waals surface area contributed by atoms with Gasteiger partial charge in [0.1, 0.15) is 0 Å². The van der Waals surface area contributed by atoms with Crippen LogP contribution in [0.4, 0.5) is 11.4 Å². The van der Waals surface area contributed by atoms with Crippen LogP contribution in [0.25, 0.3) is 0 Å². The molecule has 1 saturated heterocycles. The maximum Gasteiger partial charge on any atom is 0.232 e. The molecule has 2 N–H and O–H groups in total. The zero-order chi connectivity index (χ0) is 19.3. The second-order valence-corrected chi connectivity index (χ2v) is 10.0. The largest absolute Gasteiger partial charge is 0.371 e. The molecule has 148 valence electrons. The summed E-state index contributed by atoms with van der Waals surface area (Å²) in [5, 5.41) is 3.74. The van der Waals surface area contributed by atoms with Crippen molar-refractivity contribution >= 4 is 32.7 Å². The fourth-order valence-electron chi connectivity index (χ4n) is 3.43. The Labute approximate surface area is 166 Å². The third-order valence-electron chi connectivity index (χ3n) is 4.87. The Hall–Kier alpha value is -1.64. The van der Waals surface area contributed by atoms with Gasteiger partial charge in [-0.3, -0.25) is 9.71 Å². The van der Waals surface area contributed by atoms with E-state index in [0.29, 0.717) is 17.8 Å². The van der Waals surface area contributed by atoms with Crippen LogP contribution in [-0.2, 0) is 16.4 Å². The van der Waals surface area contributed by atoms with E-state index in [2.05, 4.69) is 26.8 Å². The molecular weight excluding hydrogens is 380 g/mol. The van der Waals surface area contributed by atoms with Gasteiger partial charge in [-0.15, -0.1) is 11.3 Å². The van der Waals surface area contributed by atoms with Gasteiger partial charge in [0, 0.05) is 41.9 Å². The van der Waals surface area contributed by atoms with Crippen LogP contribution < -0.4 is 14.9 Å². The van der Waals surface area contributed by atoms with Crippen molar-refractivity contribution in [3.8, 4) is 0 Å². The Morgan fingerprint density at radius 2 is 2.11 bits per heavy atom. The maximum absolute atomic E-state index is 11.8. The molecule has 1 aromatic heterocycles. The molecule has 27 heavy (non-hydrogen) atoms. The van der Waals surface area contributed by atoms with E-state index < -0.39 is 10.0 Å². The molecule has 8 heteroatoms. The number of thiazole rings is 1. The van der Waals surface area contributed by atoms with Crippen molar-refractivity contribution in [1.29, 1.82) is 0 Å². The number of rotatable bonds is 8. The summed E-state index contributed by atoms with van der Waals surface area (Å²) in [6, 6.07) is 8.63. The molecule has 0 saturated carbocycles. The molecule has 1 aromatic carbocycles. The summed E-state index contributed by atoms with van der Waals surface area (Å²) >= 11 is 1.71. The number of benzene rings is 1. The highest BCUT2D eigenvalue weighted by Crippen LogP contribution is 2.24. The Kier molecular flexibility index (Phi) is 6.73. The quantitative estimate of drug-likeness (QED) is 0.702. The minimum Gasteiger partial charge on any atom is -0.371 e. The van der Waals surface area contributed by atoms with Gasteiger partial charge in [-0.05, 0) is 51.3 Å². The zero-order valence-corrected chi connectivity index (χ0v) is 17.5. The molecule has 1 aliphatic heterocycles. The fraction of sp³-hybridized carbons (Fsp3) is 0.526. The van der Waals surface area contributed by atoms with E-state index in [4.69, 9.17) is 0 Å². The first-order valence-electron chi connectivity index (χ1n) is 9.44. The molecule has 0 radical (unpaired) electrons. The lowest BCUT2D eigenvalue weighted by Gasteiger charge is -2.35. The molecule has 0 amide bonds. The highest BCUT2D eigenvalue weighted by Gasteiger charge is 2.21. The topological polar surface area (TPSA) is 74.3 Å². The number of piperidine rings is 1. The number of sulfonamides is 1. The molecule has 2 aromatic rings. The van der Waals surface area contributed by atoms with E-state index in [1.54, 1.807) is 24.3 Å². The molecule has 1 aliphatic rings. The van der Waals surface area contributed by atoms with Crippen LogP contribution in [-0.4, -0.2) is 44.3 Å². The lowest BCUT2D eigenvalue weighted by atomic mass is 10.0. The average Bonchev–Trinajstić information content (AvgIpc) is 3.15. The molecule has 1 fully saturated rings. The van der Waals surface area contributed by atoms with Crippen molar-refractivity contribution in [2.24, 2.45) is 0 Å². The summed E-state index contributed by atoms with van der Waals surface area (Å²) in [5.74, 6) is 0.0774. The monoisotopic (exact) mass is 408 g/mol. The first kappa shape index (κ1) is 20.1. The van der Waals surface area contributed by atoms with Gasteiger partial charge in [-0.2, -0.15) is 0 Å². The highest BCUT2D eigenvalue weighted by molar-refractivity contribution is 7.92. The summed E-state index contributed by atoms with van der Waals surface area (Å²) in [6.07, 6.45) is 5.13. The van der Waals surface area contributed by atoms with Gasteiger partial charge in [-0.1, -0.05) is 6.07 Å². The number of aromatic nitrogens is 1. The Morgan fingerprint density at radius 1 is 1.33 bits per heavy atom. The number of anilines is 2. The highest BCUT2D eigenvalue weighted by atomic mass is 32.2. The van der Waals surface area contributed by atoms with Gasteiger partial charge in [0.2, 0.25) is 10.0 Å². The van der Waals surface area contributed by atoms with Crippen LogP contribution in [0.3, 0.4) is 0 Å². The summed E-state index contributed by atoms with van der Waals surface area (Å²) in [7, 11) is -3.25. The van der Waals surface area contributed by atoms with Crippen molar-refractivity contribution in [1.82, 2.24) is 10.3 Å². The second kappa shape index (κ2) is 9.03. The van der Waals surface area contributed by atoms with Crippen molar-refractivity contribution in [2.75, 3.05) is 28.5 Å². The molecule has 0 spiro atoms. The van der Waals surface area contributed by atoms with E-state index in [1.807, 2.05) is 29.9 Å². The Morgan fingerprint density at radius 3 is 2.78 bits per heavy atom. The number of nitrogens with zero attached hydrogens (tertiary/aromatic N) is 2. The average molecular weight is 409 g/mol. The molecular formula is C19H28N4O2S2. The number of nitrogens with one attached hydrogen (secondary N) is 2. The lowest BCUT2D eigenvalue weighted by molar-refractivity contribution is 0.376. The van der Waals surface area contributed by atoms with Crippen LogP contribution in [0.15, 0.2) is 36.0 Å². The van der Waals surface area contributed by atoms with Gasteiger partial charge < -0.3 is 10.2 Å². The van der Waals surface area contributed by atoms with E-state index in [0.717, 1.165) is 38.0 Å². The predicted molar refractivity (Wildman–Crippen MR) is 113 cm³/mol. The van der Waals surface area contributed by atoms with Crippen molar-refractivity contribution in [2.45, 2.75) is 45.2 Å². The van der Waals surface area contributed by atoms with Crippen LogP contribution in [0.2, 0.25) is 0 Å². The van der Waals surface area contributed by atoms with Crippen LogP contribution in [0.1, 0.15) is 31.6 Å². The standard InChI is InChI=1S/C19H28N4O2S2/c1-3-27(24,25)22-17-5-4-6-18(12-17)23-9-7-16(8-10-23)21-15(2)11-19-13-20-14-26-19/h4-6,12-16,21-22H,3,7-11H2,1-2H3. The molecule has 1 atom stereocenters. The second-order valence-electron chi connectivity index (χ2n) is 7.06. The zero-order valence-electron chi connectivity index (χ0n) is 15.9. The summed E-state index contributed by atoms with van der Waals surface area (Å²) < 4.78 is 26.2. The van der Waals surface area contributed by atoms with Gasteiger partial charge >= 0.3 is 0 Å². The normalized spacial score (nSPS) is 17.0. The minimum absolute atomic E-state index is 0.0774. The minimum atomic E-state index is -3.25. The predicted octanol–water partition coefficient (Wildman–Crippen LogP) is 3.09. The van der Waals surface area contributed by atoms with Crippen LogP contribution in [0.5, 0.6) is 0 Å². The molecule has 6 nitrogen and oxygen atoms in total. The summed E-state index contributed by atoms with van der Waals surface area (Å²) in [6.45, 7) is 5.80. The smallest absolute Gasteiger partial charge is 0.232 e. The molecule has 0 aliphatic carbocycles. The van der Waals surface area contributed by atoms with Gasteiger partial charge in [-0.25, -0.2) is 8.42 Å². The molecule has 1 unspecified atom stereocenters. The van der Waals surface area contributed by atoms with Crippen molar-refractivity contribution in [3.63, 3.8) is 0 Å². The van der Waals surface area contributed by atoms with Gasteiger partial charge in [0.05, 0.1) is 17.0 Å². The van der Waals surface area contributed by atoms with Crippen molar-refractivity contribution < 1.29 is 8.42 Å². The lowest BCUT2D eigenvalue weighted by Crippen LogP contribution is -2.46. The third kappa shape index (κ3) is 5.92. The summed E-state index contributed by atoms with van der Waals surface area (Å²) in [4.78, 5) is 7.79. The van der Waals surface area contributed by atoms with Gasteiger partial charge in [0.25, 0.3) is 0 Å². The van der Waals surface area contributed by atoms with Crippen LogP contribution in [0, 0.1) is 0 Å². The van der Waals surface area contributed by atoms with Crippen molar-refractivity contribution in [3.05, 3.63) is 40.8 Å². The molecule has 2 heterocycles. The Bertz CT molecular complexity index is 816. The maximum atomic E-state index is 11.8. The Balaban J connectivity index is 1.51. The number of hydrogen-bond donors (Lipinski definition) is 2. The summed E-state index contributed by atoms with van der Waals surface area (Å²) in [5.41, 5.74) is 3.59. The van der Waals surface area contributed by atoms with E-state index in [9.17, 15) is 8.42 Å². The van der Waals surface area contributed by atoms with E-state index in [-0.39, 0.29) is 5.75 Å². The fourth-order valence-corrected chi connectivity index (χ4v) is 4.78. The van der Waals surface area contributed by atoms with Crippen LogP contribution >= 0.6 is 11.3 Å². The first-order chi connectivity index (χ1) is 12.9. The number of hydrogen-bond acceptors (Lipinski definition) is 6. The third-order valence-corrected chi connectivity index (χ3v) is 6.98. The van der Waals surface area contributed by atoms with E-state index >= 15 is 0 Å². The first-order valence-corrected chi connectivity index (χ1v) is 12.0. The molecule has 3 rings (SSSR count). The SMILES string of the molecule is CCS(=O)(=O)Nc1cccc(N2CCC(NC(C)Cc3cncs3)CC2)c1. The van der Waals surface area contributed by atoms with Gasteiger partial charge in [0.15, 0.2) is 0 Å². The van der Waals surface area contributed by atoms with E-state index in [1.165, 1.54) is 4.88 Å². The molecule has 0 bridgehead atoms.